The summed E-state index contributed by atoms with van der Waals surface area (Å²) in [7, 11) is 0. The van der Waals surface area contributed by atoms with Crippen LogP contribution in [0.2, 0.25) is 0 Å². The largest absolute Gasteiger partial charge is 0.336 e. The predicted molar refractivity (Wildman–Crippen MR) is 103 cm³/mol. The molecule has 0 bridgehead atoms. The second-order valence-corrected chi connectivity index (χ2v) is 7.27. The average molecular weight is 381 g/mol. The summed E-state index contributed by atoms with van der Waals surface area (Å²) in [5.74, 6) is -1.34. The van der Waals surface area contributed by atoms with Crippen molar-refractivity contribution in [3.8, 4) is 5.69 Å². The Morgan fingerprint density at radius 2 is 1.79 bits per heavy atom. The van der Waals surface area contributed by atoms with E-state index in [9.17, 15) is 13.6 Å². The number of fused-ring (bicyclic) bond motifs is 3. The van der Waals surface area contributed by atoms with E-state index in [4.69, 9.17) is 0 Å². The number of carbonyl (C=O) groups is 1. The topological polar surface area (TPSA) is 37.3 Å². The zero-order valence-electron chi connectivity index (χ0n) is 15.7. The summed E-state index contributed by atoms with van der Waals surface area (Å²) in [5.41, 5.74) is 3.07. The van der Waals surface area contributed by atoms with E-state index in [0.717, 1.165) is 23.0 Å². The molecule has 1 unspecified atom stereocenters. The van der Waals surface area contributed by atoms with Crippen molar-refractivity contribution in [2.75, 3.05) is 0 Å². The Balaban J connectivity index is 1.93. The summed E-state index contributed by atoms with van der Waals surface area (Å²) in [6.45, 7) is 4.08. The highest BCUT2D eigenvalue weighted by atomic mass is 19.1. The van der Waals surface area contributed by atoms with Gasteiger partial charge in [-0.2, -0.15) is 0 Å². The number of hydrogen-bond donors (Lipinski definition) is 1. The number of para-hydroxylation sites is 1. The number of urea groups is 1. The van der Waals surface area contributed by atoms with Gasteiger partial charge >= 0.3 is 6.03 Å². The van der Waals surface area contributed by atoms with E-state index in [-0.39, 0.29) is 12.1 Å². The maximum absolute atomic E-state index is 14.0. The van der Waals surface area contributed by atoms with E-state index in [1.54, 1.807) is 4.90 Å². The molecule has 6 heteroatoms. The smallest absolute Gasteiger partial charge is 0.318 e. The van der Waals surface area contributed by atoms with Crippen LogP contribution < -0.4 is 5.32 Å². The van der Waals surface area contributed by atoms with E-state index < -0.39 is 17.7 Å². The maximum Gasteiger partial charge on any atom is 0.318 e. The molecule has 0 spiro atoms. The van der Waals surface area contributed by atoms with E-state index in [0.29, 0.717) is 12.1 Å². The number of rotatable bonds is 2. The first-order valence-corrected chi connectivity index (χ1v) is 9.22. The number of aromatic nitrogens is 1. The van der Waals surface area contributed by atoms with Crippen molar-refractivity contribution >= 4 is 6.03 Å². The van der Waals surface area contributed by atoms with E-state index in [1.807, 2.05) is 61.0 Å². The van der Waals surface area contributed by atoms with Crippen LogP contribution in [0.3, 0.4) is 0 Å². The van der Waals surface area contributed by atoms with Crippen LogP contribution >= 0.6 is 0 Å². The molecule has 28 heavy (non-hydrogen) atoms. The Kier molecular flexibility index (Phi) is 4.63. The van der Waals surface area contributed by atoms with Crippen molar-refractivity contribution in [2.45, 2.75) is 32.5 Å². The first kappa shape index (κ1) is 18.2. The molecule has 1 aliphatic rings. The summed E-state index contributed by atoms with van der Waals surface area (Å²) in [6, 6.07) is 14.0. The van der Waals surface area contributed by atoms with Gasteiger partial charge in [-0.15, -0.1) is 0 Å². The zero-order valence-corrected chi connectivity index (χ0v) is 15.7. The number of nitrogens with one attached hydrogen (secondary N) is 1. The van der Waals surface area contributed by atoms with Crippen LogP contribution in [-0.2, 0) is 6.54 Å². The van der Waals surface area contributed by atoms with Crippen LogP contribution in [0.25, 0.3) is 5.69 Å². The fourth-order valence-corrected chi connectivity index (χ4v) is 3.75. The molecule has 0 saturated heterocycles. The molecular weight excluding hydrogens is 360 g/mol. The number of carbonyl (C=O) groups excluding carboxylic acids is 1. The van der Waals surface area contributed by atoms with E-state index in [2.05, 4.69) is 5.32 Å². The highest BCUT2D eigenvalue weighted by Crippen LogP contribution is 2.37. The minimum Gasteiger partial charge on any atom is -0.336 e. The quantitative estimate of drug-likeness (QED) is 0.682. The van der Waals surface area contributed by atoms with Crippen molar-refractivity contribution in [1.82, 2.24) is 14.8 Å². The summed E-state index contributed by atoms with van der Waals surface area (Å²) in [6.07, 6.45) is 1.90. The van der Waals surface area contributed by atoms with E-state index in [1.165, 1.54) is 12.1 Å². The maximum atomic E-state index is 14.0. The third-order valence-electron chi connectivity index (χ3n) is 4.84. The number of halogens is 2. The number of hydrogen-bond acceptors (Lipinski definition) is 1. The van der Waals surface area contributed by atoms with Gasteiger partial charge in [-0.05, 0) is 55.3 Å². The molecule has 2 heterocycles. The van der Waals surface area contributed by atoms with Crippen molar-refractivity contribution in [3.05, 3.63) is 89.2 Å². The molecule has 144 valence electrons. The van der Waals surface area contributed by atoms with Crippen molar-refractivity contribution < 1.29 is 13.6 Å². The van der Waals surface area contributed by atoms with Gasteiger partial charge in [0.25, 0.3) is 0 Å². The van der Waals surface area contributed by atoms with Crippen molar-refractivity contribution in [3.63, 3.8) is 0 Å². The molecule has 0 aliphatic carbocycles. The lowest BCUT2D eigenvalue weighted by Crippen LogP contribution is -2.44. The Bertz CT molecular complexity index is 1010. The average Bonchev–Trinajstić information content (AvgIpc) is 3.04. The molecule has 3 aromatic rings. The highest BCUT2D eigenvalue weighted by molar-refractivity contribution is 5.76. The van der Waals surface area contributed by atoms with Crippen LogP contribution in [-0.4, -0.2) is 21.5 Å². The molecular formula is C22H21F2N3O. The second kappa shape index (κ2) is 7.11. The first-order valence-electron chi connectivity index (χ1n) is 9.22. The van der Waals surface area contributed by atoms with Gasteiger partial charge in [0.05, 0.1) is 18.3 Å². The molecule has 4 nitrogen and oxygen atoms in total. The van der Waals surface area contributed by atoms with Crippen LogP contribution in [0.1, 0.15) is 36.7 Å². The van der Waals surface area contributed by atoms with Gasteiger partial charge in [-0.25, -0.2) is 13.6 Å². The molecule has 0 radical (unpaired) electrons. The third kappa shape index (κ3) is 3.26. The van der Waals surface area contributed by atoms with Crippen LogP contribution in [0.4, 0.5) is 13.6 Å². The number of nitrogens with zero attached hydrogens (tertiary/aromatic N) is 2. The molecule has 1 aliphatic heterocycles. The third-order valence-corrected chi connectivity index (χ3v) is 4.84. The molecule has 4 rings (SSSR count). The van der Waals surface area contributed by atoms with Crippen molar-refractivity contribution in [1.29, 1.82) is 0 Å². The van der Waals surface area contributed by atoms with Crippen LogP contribution in [0.15, 0.2) is 60.8 Å². The lowest BCUT2D eigenvalue weighted by Gasteiger charge is -2.31. The minimum atomic E-state index is -0.668. The first-order chi connectivity index (χ1) is 13.4. The molecule has 2 amide bonds. The van der Waals surface area contributed by atoms with Gasteiger partial charge in [0, 0.05) is 24.0 Å². The van der Waals surface area contributed by atoms with Crippen molar-refractivity contribution in [2.24, 2.45) is 0 Å². The molecule has 0 fully saturated rings. The molecule has 0 saturated carbocycles. The molecule has 1 aromatic heterocycles. The molecule has 1 N–H and O–H groups in total. The van der Waals surface area contributed by atoms with Gasteiger partial charge < -0.3 is 14.8 Å². The van der Waals surface area contributed by atoms with Gasteiger partial charge in [-0.3, -0.25) is 0 Å². The summed E-state index contributed by atoms with van der Waals surface area (Å²) in [4.78, 5) is 14.7. The lowest BCUT2D eigenvalue weighted by molar-refractivity contribution is 0.178. The Hall–Kier alpha value is -3.15. The normalized spacial score (nSPS) is 15.8. The van der Waals surface area contributed by atoms with Gasteiger partial charge in [0.2, 0.25) is 0 Å². The predicted octanol–water partition coefficient (Wildman–Crippen LogP) is 4.78. The number of benzene rings is 2. The Morgan fingerprint density at radius 1 is 1.07 bits per heavy atom. The summed E-state index contributed by atoms with van der Waals surface area (Å²) < 4.78 is 30.0. The fourth-order valence-electron chi connectivity index (χ4n) is 3.75. The second-order valence-electron chi connectivity index (χ2n) is 7.27. The van der Waals surface area contributed by atoms with Gasteiger partial charge in [0.1, 0.15) is 11.6 Å². The zero-order chi connectivity index (χ0) is 19.8. The summed E-state index contributed by atoms with van der Waals surface area (Å²) >= 11 is 0. The fraction of sp³-hybridized carbons (Fsp3) is 0.227. The Labute approximate surface area is 162 Å². The van der Waals surface area contributed by atoms with E-state index >= 15 is 0 Å². The molecule has 2 aromatic carbocycles. The Morgan fingerprint density at radius 3 is 2.50 bits per heavy atom. The van der Waals surface area contributed by atoms with Crippen LogP contribution in [0.5, 0.6) is 0 Å². The van der Waals surface area contributed by atoms with Gasteiger partial charge in [-0.1, -0.05) is 18.2 Å². The minimum absolute atomic E-state index is 0.0670. The SMILES string of the molecule is CC(C)NC(=O)N1Cc2ccccc2-n2cccc2C1c1cc(F)cc(F)c1. The highest BCUT2D eigenvalue weighted by Gasteiger charge is 2.33. The monoisotopic (exact) mass is 381 g/mol. The number of amides is 2. The van der Waals surface area contributed by atoms with Gasteiger partial charge in [0.15, 0.2) is 0 Å². The standard InChI is InChI=1S/C22H21F2N3O/c1-14(2)25-22(28)27-13-15-6-3-4-7-19(15)26-9-5-8-20(26)21(27)16-10-17(23)12-18(24)11-16/h3-12,14,21H,13H2,1-2H3,(H,25,28). The van der Waals surface area contributed by atoms with Crippen LogP contribution in [0, 0.1) is 11.6 Å². The lowest BCUT2D eigenvalue weighted by atomic mass is 10.0. The summed E-state index contributed by atoms with van der Waals surface area (Å²) in [5, 5.41) is 2.91. The molecule has 1 atom stereocenters.